The van der Waals surface area contributed by atoms with Crippen LogP contribution in [0, 0.1) is 18.8 Å². The van der Waals surface area contributed by atoms with Crippen molar-refractivity contribution in [3.8, 4) is 0 Å². The standard InChI is InChI=1S/C12H12F3NO4/c1-6-2-3-20-9(6)10(17)16-4-7(11(18)19)8(5-16)12(13,14)15/h2-3,7-8H,4-5H2,1H3,(H,18,19)/t7-,8-/m1/s1. The van der Waals surface area contributed by atoms with Crippen LogP contribution in [0.3, 0.4) is 0 Å². The van der Waals surface area contributed by atoms with E-state index in [1.165, 1.54) is 12.3 Å². The lowest BCUT2D eigenvalue weighted by molar-refractivity contribution is -0.187. The van der Waals surface area contributed by atoms with Crippen molar-refractivity contribution in [2.75, 3.05) is 13.1 Å². The lowest BCUT2D eigenvalue weighted by Gasteiger charge is -2.18. The van der Waals surface area contributed by atoms with E-state index in [1.54, 1.807) is 6.92 Å². The van der Waals surface area contributed by atoms with E-state index >= 15 is 0 Å². The Labute approximate surface area is 112 Å². The third-order valence-corrected chi connectivity index (χ3v) is 3.40. The third kappa shape index (κ3) is 2.50. The zero-order chi connectivity index (χ0) is 15.1. The summed E-state index contributed by atoms with van der Waals surface area (Å²) in [6, 6.07) is 1.51. The maximum absolute atomic E-state index is 12.8. The maximum Gasteiger partial charge on any atom is 0.394 e. The average molecular weight is 291 g/mol. The van der Waals surface area contributed by atoms with Gasteiger partial charge in [-0.1, -0.05) is 0 Å². The quantitative estimate of drug-likeness (QED) is 0.903. The summed E-state index contributed by atoms with van der Waals surface area (Å²) >= 11 is 0. The highest BCUT2D eigenvalue weighted by atomic mass is 19.4. The van der Waals surface area contributed by atoms with Crippen LogP contribution in [-0.2, 0) is 4.79 Å². The number of halogens is 3. The van der Waals surface area contributed by atoms with Gasteiger partial charge in [0.05, 0.1) is 18.1 Å². The van der Waals surface area contributed by atoms with Gasteiger partial charge in [0.1, 0.15) is 0 Å². The summed E-state index contributed by atoms with van der Waals surface area (Å²) in [5, 5.41) is 8.87. The molecule has 1 aromatic rings. The van der Waals surface area contributed by atoms with E-state index in [1.807, 2.05) is 0 Å². The summed E-state index contributed by atoms with van der Waals surface area (Å²) in [6.45, 7) is 0.445. The molecule has 0 radical (unpaired) electrons. The Hall–Kier alpha value is -1.99. The number of rotatable bonds is 2. The fourth-order valence-electron chi connectivity index (χ4n) is 2.29. The number of carboxylic acid groups (broad SMARTS) is 1. The van der Waals surface area contributed by atoms with Gasteiger partial charge in [-0.2, -0.15) is 13.2 Å². The molecule has 0 spiro atoms. The number of hydrogen-bond acceptors (Lipinski definition) is 3. The molecule has 20 heavy (non-hydrogen) atoms. The Bertz CT molecular complexity index is 537. The molecule has 0 aromatic carbocycles. The minimum Gasteiger partial charge on any atom is -0.481 e. The van der Waals surface area contributed by atoms with Crippen LogP contribution in [0.4, 0.5) is 13.2 Å². The molecule has 1 aromatic heterocycles. The largest absolute Gasteiger partial charge is 0.481 e. The summed E-state index contributed by atoms with van der Waals surface area (Å²) in [5.74, 6) is -6.03. The Morgan fingerprint density at radius 3 is 2.45 bits per heavy atom. The number of amides is 1. The fourth-order valence-corrected chi connectivity index (χ4v) is 2.29. The molecule has 1 fully saturated rings. The first-order chi connectivity index (χ1) is 9.21. The first-order valence-electron chi connectivity index (χ1n) is 5.84. The van der Waals surface area contributed by atoms with E-state index in [0.717, 1.165) is 4.90 Å². The topological polar surface area (TPSA) is 70.8 Å². The maximum atomic E-state index is 12.8. The van der Waals surface area contributed by atoms with Gasteiger partial charge >= 0.3 is 12.1 Å². The van der Waals surface area contributed by atoms with Gasteiger partial charge in [-0.25, -0.2) is 0 Å². The molecule has 5 nitrogen and oxygen atoms in total. The molecule has 1 amide bonds. The third-order valence-electron chi connectivity index (χ3n) is 3.40. The minimum absolute atomic E-state index is 0.0584. The van der Waals surface area contributed by atoms with Crippen molar-refractivity contribution in [2.45, 2.75) is 13.1 Å². The molecule has 1 aliphatic heterocycles. The summed E-state index contributed by atoms with van der Waals surface area (Å²) in [4.78, 5) is 23.8. The van der Waals surface area contributed by atoms with Crippen molar-refractivity contribution < 1.29 is 32.3 Å². The van der Waals surface area contributed by atoms with E-state index in [4.69, 9.17) is 9.52 Å². The molecule has 1 saturated heterocycles. The predicted molar refractivity (Wildman–Crippen MR) is 60.0 cm³/mol. The van der Waals surface area contributed by atoms with Crippen molar-refractivity contribution in [3.63, 3.8) is 0 Å². The summed E-state index contributed by atoms with van der Waals surface area (Å²) in [6.07, 6.45) is -3.40. The molecular weight excluding hydrogens is 279 g/mol. The van der Waals surface area contributed by atoms with Crippen LogP contribution in [0.15, 0.2) is 16.7 Å². The highest BCUT2D eigenvalue weighted by molar-refractivity contribution is 5.93. The lowest BCUT2D eigenvalue weighted by Crippen LogP contribution is -2.34. The number of alkyl halides is 3. The van der Waals surface area contributed by atoms with Gasteiger partial charge < -0.3 is 14.4 Å². The predicted octanol–water partition coefficient (Wildman–Crippen LogP) is 1.92. The van der Waals surface area contributed by atoms with Gasteiger partial charge in [0.15, 0.2) is 5.76 Å². The number of carboxylic acids is 1. The van der Waals surface area contributed by atoms with E-state index in [2.05, 4.69) is 0 Å². The summed E-state index contributed by atoms with van der Waals surface area (Å²) in [7, 11) is 0. The van der Waals surface area contributed by atoms with Crippen LogP contribution in [0.2, 0.25) is 0 Å². The number of likely N-dealkylation sites (tertiary alicyclic amines) is 1. The van der Waals surface area contributed by atoms with Gasteiger partial charge in [0.2, 0.25) is 0 Å². The zero-order valence-electron chi connectivity index (χ0n) is 10.5. The van der Waals surface area contributed by atoms with Crippen molar-refractivity contribution in [1.29, 1.82) is 0 Å². The number of nitrogens with zero attached hydrogens (tertiary/aromatic N) is 1. The van der Waals surface area contributed by atoms with E-state index in [9.17, 15) is 22.8 Å². The molecule has 8 heteroatoms. The molecule has 2 atom stereocenters. The molecule has 2 rings (SSSR count). The summed E-state index contributed by atoms with van der Waals surface area (Å²) in [5.41, 5.74) is 0.498. The molecule has 0 unspecified atom stereocenters. The molecule has 2 heterocycles. The fraction of sp³-hybridized carbons (Fsp3) is 0.500. The first kappa shape index (κ1) is 14.4. The van der Waals surface area contributed by atoms with E-state index in [-0.39, 0.29) is 5.76 Å². The number of hydrogen-bond donors (Lipinski definition) is 1. The second-order valence-corrected chi connectivity index (χ2v) is 4.74. The minimum atomic E-state index is -4.66. The van der Waals surface area contributed by atoms with Gasteiger partial charge in [-0.15, -0.1) is 0 Å². The van der Waals surface area contributed by atoms with Crippen molar-refractivity contribution in [1.82, 2.24) is 4.90 Å². The van der Waals surface area contributed by atoms with Crippen LogP contribution in [0.5, 0.6) is 0 Å². The zero-order valence-corrected chi connectivity index (χ0v) is 10.5. The van der Waals surface area contributed by atoms with Gasteiger partial charge in [-0.3, -0.25) is 9.59 Å². The Morgan fingerprint density at radius 1 is 1.40 bits per heavy atom. The molecule has 0 saturated carbocycles. The Balaban J connectivity index is 2.22. The average Bonchev–Trinajstić information content (AvgIpc) is 2.92. The molecule has 0 bridgehead atoms. The Kier molecular flexibility index (Phi) is 3.49. The van der Waals surface area contributed by atoms with Crippen LogP contribution >= 0.6 is 0 Å². The van der Waals surface area contributed by atoms with E-state index < -0.39 is 43.0 Å². The molecular formula is C12H12F3NO4. The highest BCUT2D eigenvalue weighted by Gasteiger charge is 2.53. The highest BCUT2D eigenvalue weighted by Crippen LogP contribution is 2.38. The van der Waals surface area contributed by atoms with E-state index in [0.29, 0.717) is 5.56 Å². The van der Waals surface area contributed by atoms with Crippen LogP contribution in [-0.4, -0.2) is 41.1 Å². The second kappa shape index (κ2) is 4.84. The monoisotopic (exact) mass is 291 g/mol. The van der Waals surface area contributed by atoms with Crippen molar-refractivity contribution in [2.24, 2.45) is 11.8 Å². The molecule has 0 aliphatic carbocycles. The van der Waals surface area contributed by atoms with Crippen LogP contribution in [0.25, 0.3) is 0 Å². The van der Waals surface area contributed by atoms with Gasteiger partial charge in [0, 0.05) is 18.7 Å². The molecule has 110 valence electrons. The van der Waals surface area contributed by atoms with Crippen molar-refractivity contribution in [3.05, 3.63) is 23.7 Å². The number of carbonyl (C=O) groups excluding carboxylic acids is 1. The number of aryl methyl sites for hydroxylation is 1. The SMILES string of the molecule is Cc1ccoc1C(=O)N1C[C@@H](C(F)(F)F)[C@H](C(=O)O)C1. The normalized spacial score (nSPS) is 23.1. The number of aliphatic carboxylic acids is 1. The molecule has 1 aliphatic rings. The summed E-state index contributed by atoms with van der Waals surface area (Å²) < 4.78 is 43.3. The van der Waals surface area contributed by atoms with Gasteiger partial charge in [0.25, 0.3) is 5.91 Å². The number of furan rings is 1. The van der Waals surface area contributed by atoms with Crippen LogP contribution in [0.1, 0.15) is 16.1 Å². The van der Waals surface area contributed by atoms with Crippen molar-refractivity contribution >= 4 is 11.9 Å². The Morgan fingerprint density at radius 2 is 2.05 bits per heavy atom. The lowest BCUT2D eigenvalue weighted by atomic mass is 9.96. The molecule has 1 N–H and O–H groups in total. The second-order valence-electron chi connectivity index (χ2n) is 4.74. The first-order valence-corrected chi connectivity index (χ1v) is 5.84. The number of carbonyl (C=O) groups is 2. The van der Waals surface area contributed by atoms with Crippen LogP contribution < -0.4 is 0 Å². The smallest absolute Gasteiger partial charge is 0.394 e. The van der Waals surface area contributed by atoms with Gasteiger partial charge in [-0.05, 0) is 13.0 Å².